The van der Waals surface area contributed by atoms with Crippen molar-refractivity contribution in [3.63, 3.8) is 0 Å². The second-order valence-corrected chi connectivity index (χ2v) is 7.76. The molecule has 0 spiro atoms. The molecule has 1 heterocycles. The molecule has 3 nitrogen and oxygen atoms in total. The molecule has 3 heteroatoms. The standard InChI is InChI=1S/C16H26N2O/c19-15-10-17-2-1-3-18(15)11-16-7-12-4-13(8-16)6-14(5-12)9-16/h12-14,17H,1-11H2. The molecule has 0 aromatic heterocycles. The zero-order valence-electron chi connectivity index (χ0n) is 11.9. The van der Waals surface area contributed by atoms with Gasteiger partial charge in [0.1, 0.15) is 0 Å². The molecule has 106 valence electrons. The van der Waals surface area contributed by atoms with E-state index in [-0.39, 0.29) is 0 Å². The number of hydrogen-bond donors (Lipinski definition) is 1. The number of hydrogen-bond acceptors (Lipinski definition) is 2. The molecular weight excluding hydrogens is 236 g/mol. The van der Waals surface area contributed by atoms with Crippen molar-refractivity contribution in [1.29, 1.82) is 0 Å². The van der Waals surface area contributed by atoms with E-state index in [0.29, 0.717) is 17.9 Å². The Kier molecular flexibility index (Phi) is 2.87. The van der Waals surface area contributed by atoms with Crippen LogP contribution >= 0.6 is 0 Å². The SMILES string of the molecule is O=C1CNCCCN1CC12CC3CC(CC(C3)C1)C2. The van der Waals surface area contributed by atoms with Gasteiger partial charge in [-0.25, -0.2) is 0 Å². The summed E-state index contributed by atoms with van der Waals surface area (Å²) in [5.41, 5.74) is 0.509. The van der Waals surface area contributed by atoms with Gasteiger partial charge >= 0.3 is 0 Å². The van der Waals surface area contributed by atoms with Crippen LogP contribution in [0, 0.1) is 23.2 Å². The van der Waals surface area contributed by atoms with Crippen LogP contribution < -0.4 is 5.32 Å². The molecule has 4 aliphatic carbocycles. The fourth-order valence-electron chi connectivity index (χ4n) is 5.88. The van der Waals surface area contributed by atoms with Gasteiger partial charge in [-0.05, 0) is 74.7 Å². The zero-order valence-corrected chi connectivity index (χ0v) is 11.9. The van der Waals surface area contributed by atoms with E-state index < -0.39 is 0 Å². The second kappa shape index (κ2) is 4.47. The van der Waals surface area contributed by atoms with Crippen molar-refractivity contribution in [3.8, 4) is 0 Å². The van der Waals surface area contributed by atoms with E-state index in [9.17, 15) is 4.79 Å². The summed E-state index contributed by atoms with van der Waals surface area (Å²) in [5.74, 6) is 3.32. The van der Waals surface area contributed by atoms with Crippen molar-refractivity contribution < 1.29 is 4.79 Å². The number of nitrogens with zero attached hydrogens (tertiary/aromatic N) is 1. The maximum absolute atomic E-state index is 12.2. The molecule has 1 amide bonds. The molecule has 5 aliphatic rings. The van der Waals surface area contributed by atoms with Gasteiger partial charge in [0.05, 0.1) is 6.54 Å². The first-order valence-electron chi connectivity index (χ1n) is 8.21. The lowest BCUT2D eigenvalue weighted by molar-refractivity contribution is -0.135. The van der Waals surface area contributed by atoms with Crippen LogP contribution in [0.3, 0.4) is 0 Å². The lowest BCUT2D eigenvalue weighted by Gasteiger charge is -2.57. The van der Waals surface area contributed by atoms with E-state index >= 15 is 0 Å². The number of nitrogens with one attached hydrogen (secondary N) is 1. The van der Waals surface area contributed by atoms with Crippen molar-refractivity contribution >= 4 is 5.91 Å². The summed E-state index contributed by atoms with van der Waals surface area (Å²) in [6, 6.07) is 0. The Bertz CT molecular complexity index is 344. The highest BCUT2D eigenvalue weighted by atomic mass is 16.2. The lowest BCUT2D eigenvalue weighted by Crippen LogP contribution is -2.52. The molecule has 0 radical (unpaired) electrons. The average Bonchev–Trinajstić information content (AvgIpc) is 2.53. The van der Waals surface area contributed by atoms with Crippen molar-refractivity contribution in [1.82, 2.24) is 10.2 Å². The van der Waals surface area contributed by atoms with E-state index in [4.69, 9.17) is 0 Å². The number of carbonyl (C=O) groups is 1. The first-order valence-corrected chi connectivity index (χ1v) is 8.21. The largest absolute Gasteiger partial charge is 0.341 e. The summed E-state index contributed by atoms with van der Waals surface area (Å²) >= 11 is 0. The summed E-state index contributed by atoms with van der Waals surface area (Å²) in [7, 11) is 0. The molecule has 1 aliphatic heterocycles. The van der Waals surface area contributed by atoms with Gasteiger partial charge in [0.25, 0.3) is 0 Å². The van der Waals surface area contributed by atoms with Gasteiger partial charge in [0.15, 0.2) is 0 Å². The van der Waals surface area contributed by atoms with Gasteiger partial charge in [-0.15, -0.1) is 0 Å². The van der Waals surface area contributed by atoms with Gasteiger partial charge in [0, 0.05) is 13.1 Å². The van der Waals surface area contributed by atoms with Crippen LogP contribution in [0.1, 0.15) is 44.9 Å². The Labute approximate surface area is 116 Å². The Morgan fingerprint density at radius 2 is 1.74 bits per heavy atom. The van der Waals surface area contributed by atoms with Crippen LogP contribution in [0.25, 0.3) is 0 Å². The Balaban J connectivity index is 1.50. The molecule has 4 bridgehead atoms. The first-order chi connectivity index (χ1) is 9.22. The average molecular weight is 262 g/mol. The molecule has 5 fully saturated rings. The van der Waals surface area contributed by atoms with Crippen molar-refractivity contribution in [2.75, 3.05) is 26.2 Å². The Morgan fingerprint density at radius 1 is 1.11 bits per heavy atom. The Hall–Kier alpha value is -0.570. The number of carbonyl (C=O) groups excluding carboxylic acids is 1. The molecule has 0 aromatic carbocycles. The van der Waals surface area contributed by atoms with E-state index in [1.807, 2.05) is 0 Å². The number of amides is 1. The van der Waals surface area contributed by atoms with E-state index in [1.165, 1.54) is 38.5 Å². The molecule has 1 N–H and O–H groups in total. The predicted octanol–water partition coefficient (Wildman–Crippen LogP) is 2.02. The van der Waals surface area contributed by atoms with Crippen LogP contribution in [0.2, 0.25) is 0 Å². The monoisotopic (exact) mass is 262 g/mol. The molecular formula is C16H26N2O. The van der Waals surface area contributed by atoms with Crippen molar-refractivity contribution in [3.05, 3.63) is 0 Å². The van der Waals surface area contributed by atoms with Crippen molar-refractivity contribution in [2.45, 2.75) is 44.9 Å². The van der Waals surface area contributed by atoms with E-state index in [2.05, 4.69) is 10.2 Å². The molecule has 0 atom stereocenters. The van der Waals surface area contributed by atoms with Crippen molar-refractivity contribution in [2.24, 2.45) is 23.2 Å². The maximum atomic E-state index is 12.2. The van der Waals surface area contributed by atoms with Gasteiger partial charge in [-0.3, -0.25) is 4.79 Å². The molecule has 5 rings (SSSR count). The molecule has 4 saturated carbocycles. The highest BCUT2D eigenvalue weighted by Gasteiger charge is 2.51. The fraction of sp³-hybridized carbons (Fsp3) is 0.938. The van der Waals surface area contributed by atoms with Gasteiger partial charge in [-0.1, -0.05) is 0 Å². The van der Waals surface area contributed by atoms with Crippen LogP contribution in [0.4, 0.5) is 0 Å². The van der Waals surface area contributed by atoms with Crippen LogP contribution in [-0.2, 0) is 4.79 Å². The molecule has 19 heavy (non-hydrogen) atoms. The van der Waals surface area contributed by atoms with Gasteiger partial charge < -0.3 is 10.2 Å². The summed E-state index contributed by atoms with van der Waals surface area (Å²) < 4.78 is 0. The third-order valence-electron chi connectivity index (χ3n) is 6.10. The summed E-state index contributed by atoms with van der Waals surface area (Å²) in [4.78, 5) is 14.4. The van der Waals surface area contributed by atoms with E-state index in [1.54, 1.807) is 0 Å². The topological polar surface area (TPSA) is 32.3 Å². The Morgan fingerprint density at radius 3 is 2.37 bits per heavy atom. The van der Waals surface area contributed by atoms with Gasteiger partial charge in [0.2, 0.25) is 5.91 Å². The zero-order chi connectivity index (χ0) is 12.9. The van der Waals surface area contributed by atoms with Gasteiger partial charge in [-0.2, -0.15) is 0 Å². The molecule has 0 unspecified atom stereocenters. The smallest absolute Gasteiger partial charge is 0.236 e. The highest BCUT2D eigenvalue weighted by Crippen LogP contribution is 2.60. The van der Waals surface area contributed by atoms with Crippen LogP contribution in [0.5, 0.6) is 0 Å². The number of rotatable bonds is 2. The minimum absolute atomic E-state index is 0.341. The summed E-state index contributed by atoms with van der Waals surface area (Å²) in [6.45, 7) is 3.61. The minimum atomic E-state index is 0.341. The first kappa shape index (κ1) is 12.2. The van der Waals surface area contributed by atoms with Crippen LogP contribution in [-0.4, -0.2) is 37.0 Å². The quantitative estimate of drug-likeness (QED) is 0.826. The third-order valence-corrected chi connectivity index (χ3v) is 6.10. The molecule has 0 aromatic rings. The van der Waals surface area contributed by atoms with Crippen LogP contribution in [0.15, 0.2) is 0 Å². The normalized spacial score (nSPS) is 45.6. The fourth-order valence-corrected chi connectivity index (χ4v) is 5.88. The lowest BCUT2D eigenvalue weighted by atomic mass is 9.49. The second-order valence-electron chi connectivity index (χ2n) is 7.76. The predicted molar refractivity (Wildman–Crippen MR) is 74.7 cm³/mol. The summed E-state index contributed by atoms with van der Waals surface area (Å²) in [5, 5.41) is 3.24. The third kappa shape index (κ3) is 2.20. The highest BCUT2D eigenvalue weighted by molar-refractivity contribution is 5.78. The maximum Gasteiger partial charge on any atom is 0.236 e. The summed E-state index contributed by atoms with van der Waals surface area (Å²) in [6.07, 6.45) is 9.85. The molecule has 1 saturated heterocycles. The van der Waals surface area contributed by atoms with E-state index in [0.717, 1.165) is 43.8 Å². The minimum Gasteiger partial charge on any atom is -0.341 e.